The number of piperazine rings is 1. The van der Waals surface area contributed by atoms with E-state index in [9.17, 15) is 0 Å². The minimum atomic E-state index is 0.706. The molecule has 2 aliphatic rings. The molecule has 2 aliphatic heterocycles. The van der Waals surface area contributed by atoms with Crippen molar-refractivity contribution in [3.05, 3.63) is 29.8 Å². The van der Waals surface area contributed by atoms with Gasteiger partial charge in [-0.05, 0) is 57.3 Å². The smallest absolute Gasteiger partial charge is 0.0346 e. The summed E-state index contributed by atoms with van der Waals surface area (Å²) in [4.78, 5) is 5.38. The molecule has 1 aromatic carbocycles. The summed E-state index contributed by atoms with van der Waals surface area (Å²) >= 11 is 0. The van der Waals surface area contributed by atoms with Crippen LogP contribution in [-0.2, 0) is 6.42 Å². The number of hydrogen-bond donors (Lipinski definition) is 1. The third kappa shape index (κ3) is 2.99. The van der Waals surface area contributed by atoms with Gasteiger partial charge in [-0.15, -0.1) is 0 Å². The quantitative estimate of drug-likeness (QED) is 0.855. The van der Waals surface area contributed by atoms with Crippen molar-refractivity contribution < 1.29 is 0 Å². The molecule has 1 aromatic rings. The van der Waals surface area contributed by atoms with E-state index in [4.69, 9.17) is 5.73 Å². The molecular weight excluding hydrogens is 246 g/mol. The first-order valence-corrected chi connectivity index (χ1v) is 8.05. The number of nitrogens with two attached hydrogens (primary N) is 1. The highest BCUT2D eigenvalue weighted by Gasteiger charge is 2.33. The van der Waals surface area contributed by atoms with Gasteiger partial charge in [0.25, 0.3) is 0 Å². The largest absolute Gasteiger partial charge is 0.399 e. The van der Waals surface area contributed by atoms with E-state index in [1.54, 1.807) is 0 Å². The zero-order valence-corrected chi connectivity index (χ0v) is 12.6. The van der Waals surface area contributed by atoms with Gasteiger partial charge in [-0.1, -0.05) is 18.2 Å². The first kappa shape index (κ1) is 13.9. The highest BCUT2D eigenvalue weighted by atomic mass is 15.3. The van der Waals surface area contributed by atoms with E-state index in [1.807, 2.05) is 12.1 Å². The fraction of sp³-hybridized carbons (Fsp3) is 0.647. The number of benzene rings is 1. The van der Waals surface area contributed by atoms with E-state index in [-0.39, 0.29) is 0 Å². The van der Waals surface area contributed by atoms with Gasteiger partial charge in [0.15, 0.2) is 0 Å². The van der Waals surface area contributed by atoms with Crippen molar-refractivity contribution in [2.45, 2.75) is 44.7 Å². The predicted octanol–water partition coefficient (Wildman–Crippen LogP) is 2.37. The van der Waals surface area contributed by atoms with Gasteiger partial charge in [-0.3, -0.25) is 9.80 Å². The summed E-state index contributed by atoms with van der Waals surface area (Å²) in [5, 5.41) is 0. The Hall–Kier alpha value is -1.06. The minimum absolute atomic E-state index is 0.706. The van der Waals surface area contributed by atoms with Gasteiger partial charge in [0.2, 0.25) is 0 Å². The number of anilines is 1. The Morgan fingerprint density at radius 1 is 1.25 bits per heavy atom. The van der Waals surface area contributed by atoms with Crippen LogP contribution in [0.2, 0.25) is 0 Å². The van der Waals surface area contributed by atoms with E-state index in [0.29, 0.717) is 6.04 Å². The summed E-state index contributed by atoms with van der Waals surface area (Å²) < 4.78 is 0. The van der Waals surface area contributed by atoms with Gasteiger partial charge < -0.3 is 5.73 Å². The number of hydrogen-bond acceptors (Lipinski definition) is 3. The van der Waals surface area contributed by atoms with Crippen LogP contribution in [0, 0.1) is 0 Å². The Balaban J connectivity index is 1.49. The predicted molar refractivity (Wildman–Crippen MR) is 84.8 cm³/mol. The summed E-state index contributed by atoms with van der Waals surface area (Å²) in [6.45, 7) is 7.44. The Kier molecular flexibility index (Phi) is 4.27. The molecule has 2 heterocycles. The maximum Gasteiger partial charge on any atom is 0.0346 e. The molecule has 3 rings (SSSR count). The normalized spacial score (nSPS) is 27.6. The van der Waals surface area contributed by atoms with Crippen molar-refractivity contribution in [3.8, 4) is 0 Å². The van der Waals surface area contributed by atoms with E-state index >= 15 is 0 Å². The van der Waals surface area contributed by atoms with Gasteiger partial charge in [0.1, 0.15) is 0 Å². The van der Waals surface area contributed by atoms with Gasteiger partial charge in [-0.2, -0.15) is 0 Å². The Labute approximate surface area is 122 Å². The van der Waals surface area contributed by atoms with Crippen LogP contribution in [0.1, 0.15) is 31.7 Å². The van der Waals surface area contributed by atoms with Crippen LogP contribution < -0.4 is 5.73 Å². The average molecular weight is 273 g/mol. The SMILES string of the molecule is CC1CN2CCCC2CN1CCCc1ccccc1N. The topological polar surface area (TPSA) is 32.5 Å². The molecule has 0 radical (unpaired) electrons. The number of fused-ring (bicyclic) bond motifs is 1. The molecule has 2 fully saturated rings. The van der Waals surface area contributed by atoms with Crippen molar-refractivity contribution in [2.75, 3.05) is 31.9 Å². The molecular formula is C17H27N3. The highest BCUT2D eigenvalue weighted by Crippen LogP contribution is 2.24. The molecule has 0 spiro atoms. The van der Waals surface area contributed by atoms with Crippen LogP contribution >= 0.6 is 0 Å². The maximum atomic E-state index is 6.02. The van der Waals surface area contributed by atoms with Crippen molar-refractivity contribution in [1.82, 2.24) is 9.80 Å². The zero-order valence-electron chi connectivity index (χ0n) is 12.6. The van der Waals surface area contributed by atoms with Crippen molar-refractivity contribution in [2.24, 2.45) is 0 Å². The molecule has 2 atom stereocenters. The third-order valence-electron chi connectivity index (χ3n) is 5.01. The van der Waals surface area contributed by atoms with Gasteiger partial charge in [0.05, 0.1) is 0 Å². The van der Waals surface area contributed by atoms with Crippen LogP contribution in [0.3, 0.4) is 0 Å². The number of nitrogen functional groups attached to an aromatic ring is 1. The van der Waals surface area contributed by atoms with Gasteiger partial charge in [0, 0.05) is 30.9 Å². The first-order valence-electron chi connectivity index (χ1n) is 8.05. The lowest BCUT2D eigenvalue weighted by molar-refractivity contribution is 0.0589. The van der Waals surface area contributed by atoms with Crippen LogP contribution in [0.25, 0.3) is 0 Å². The molecule has 0 saturated carbocycles. The number of para-hydroxylation sites is 1. The Bertz CT molecular complexity index is 446. The van der Waals surface area contributed by atoms with Gasteiger partial charge >= 0.3 is 0 Å². The van der Waals surface area contributed by atoms with Crippen LogP contribution in [-0.4, -0.2) is 48.1 Å². The second-order valence-electron chi connectivity index (χ2n) is 6.44. The van der Waals surface area contributed by atoms with Crippen LogP contribution in [0.4, 0.5) is 5.69 Å². The number of nitrogens with zero attached hydrogens (tertiary/aromatic N) is 2. The number of aryl methyl sites for hydroxylation is 1. The fourth-order valence-electron chi connectivity index (χ4n) is 3.79. The summed E-state index contributed by atoms with van der Waals surface area (Å²) in [5.74, 6) is 0. The fourth-order valence-corrected chi connectivity index (χ4v) is 3.79. The van der Waals surface area contributed by atoms with Crippen molar-refractivity contribution in [1.29, 1.82) is 0 Å². The standard InChI is InChI=1S/C17H27N3/c1-14-12-20-11-5-8-16(20)13-19(14)10-4-7-15-6-2-3-9-17(15)18/h2-3,6,9,14,16H,4-5,7-8,10-13,18H2,1H3. The third-order valence-corrected chi connectivity index (χ3v) is 5.01. The molecule has 110 valence electrons. The molecule has 0 aliphatic carbocycles. The molecule has 2 N–H and O–H groups in total. The van der Waals surface area contributed by atoms with E-state index in [0.717, 1.165) is 18.2 Å². The van der Waals surface area contributed by atoms with E-state index < -0.39 is 0 Å². The maximum absolute atomic E-state index is 6.02. The summed E-state index contributed by atoms with van der Waals surface area (Å²) in [6, 6.07) is 9.81. The zero-order chi connectivity index (χ0) is 13.9. The molecule has 3 nitrogen and oxygen atoms in total. The highest BCUT2D eigenvalue weighted by molar-refractivity contribution is 5.46. The molecule has 2 unspecified atom stereocenters. The molecule has 20 heavy (non-hydrogen) atoms. The summed E-state index contributed by atoms with van der Waals surface area (Å²) in [5.41, 5.74) is 8.27. The molecule has 0 bridgehead atoms. The first-order chi connectivity index (χ1) is 9.74. The van der Waals surface area contributed by atoms with Crippen molar-refractivity contribution in [3.63, 3.8) is 0 Å². The molecule has 2 saturated heterocycles. The molecule has 0 aromatic heterocycles. The number of rotatable bonds is 4. The second-order valence-corrected chi connectivity index (χ2v) is 6.44. The molecule has 0 amide bonds. The second kappa shape index (κ2) is 6.15. The molecule has 3 heteroatoms. The van der Waals surface area contributed by atoms with E-state index in [2.05, 4.69) is 28.9 Å². The lowest BCUT2D eigenvalue weighted by Gasteiger charge is -2.42. The van der Waals surface area contributed by atoms with Crippen LogP contribution in [0.15, 0.2) is 24.3 Å². The minimum Gasteiger partial charge on any atom is -0.399 e. The van der Waals surface area contributed by atoms with Crippen LogP contribution in [0.5, 0.6) is 0 Å². The van der Waals surface area contributed by atoms with Gasteiger partial charge in [-0.25, -0.2) is 0 Å². The van der Waals surface area contributed by atoms with Crippen molar-refractivity contribution >= 4 is 5.69 Å². The lowest BCUT2D eigenvalue weighted by Crippen LogP contribution is -2.55. The van der Waals surface area contributed by atoms with E-state index in [1.165, 1.54) is 51.0 Å². The average Bonchev–Trinajstić information content (AvgIpc) is 2.88. The lowest BCUT2D eigenvalue weighted by atomic mass is 10.0. The summed E-state index contributed by atoms with van der Waals surface area (Å²) in [6.07, 6.45) is 5.11. The monoisotopic (exact) mass is 273 g/mol. The summed E-state index contributed by atoms with van der Waals surface area (Å²) in [7, 11) is 0. The Morgan fingerprint density at radius 2 is 2.10 bits per heavy atom. The Morgan fingerprint density at radius 3 is 2.95 bits per heavy atom.